The van der Waals surface area contributed by atoms with Crippen molar-refractivity contribution in [1.29, 1.82) is 5.26 Å². The molecule has 1 aliphatic heterocycles. The van der Waals surface area contributed by atoms with Gasteiger partial charge in [-0.2, -0.15) is 10.2 Å². The first kappa shape index (κ1) is 21.0. The monoisotopic (exact) mass is 435 g/mol. The molecule has 7 nitrogen and oxygen atoms in total. The first-order valence-electron chi connectivity index (χ1n) is 10.2. The molecule has 1 fully saturated rings. The molecule has 158 valence electrons. The molecule has 1 N–H and O–H groups in total. The summed E-state index contributed by atoms with van der Waals surface area (Å²) in [5.74, 6) is 0.856. The standard InChI is InChI=1S/C23H22ClN5O2/c24-20-6-2-1-5-19(20)22-27-21(31-28-22)15-29-13-3-4-17(14-29)23(30)26-18-9-7-16(8-10-18)11-12-25/h1-2,5-10,17H,3-4,11,13-15H2,(H,26,30). The number of halogens is 1. The summed E-state index contributed by atoms with van der Waals surface area (Å²) in [6.07, 6.45) is 2.12. The van der Waals surface area contributed by atoms with Gasteiger partial charge >= 0.3 is 0 Å². The number of benzene rings is 2. The lowest BCUT2D eigenvalue weighted by atomic mass is 9.97. The van der Waals surface area contributed by atoms with Gasteiger partial charge in [-0.25, -0.2) is 0 Å². The van der Waals surface area contributed by atoms with Gasteiger partial charge in [-0.15, -0.1) is 0 Å². The van der Waals surface area contributed by atoms with Gasteiger partial charge in [0.25, 0.3) is 0 Å². The maximum absolute atomic E-state index is 12.7. The fraction of sp³-hybridized carbons (Fsp3) is 0.304. The number of nitrogens with one attached hydrogen (secondary N) is 1. The van der Waals surface area contributed by atoms with Crippen LogP contribution in [0.25, 0.3) is 11.4 Å². The molecular formula is C23H22ClN5O2. The van der Waals surface area contributed by atoms with E-state index >= 15 is 0 Å². The molecule has 1 atom stereocenters. The molecule has 1 saturated heterocycles. The fourth-order valence-electron chi connectivity index (χ4n) is 3.72. The van der Waals surface area contributed by atoms with Gasteiger partial charge in [0, 0.05) is 17.8 Å². The summed E-state index contributed by atoms with van der Waals surface area (Å²) >= 11 is 6.21. The number of nitrogens with zero attached hydrogens (tertiary/aromatic N) is 4. The predicted octanol–water partition coefficient (Wildman–Crippen LogP) is 4.31. The molecule has 2 aromatic carbocycles. The van der Waals surface area contributed by atoms with Gasteiger partial charge in [0.1, 0.15) is 0 Å². The summed E-state index contributed by atoms with van der Waals surface area (Å²) < 4.78 is 5.41. The summed E-state index contributed by atoms with van der Waals surface area (Å²) in [4.78, 5) is 19.4. The normalized spacial score (nSPS) is 16.6. The van der Waals surface area contributed by atoms with E-state index in [1.54, 1.807) is 6.07 Å². The van der Waals surface area contributed by atoms with Crippen molar-refractivity contribution in [3.8, 4) is 17.5 Å². The van der Waals surface area contributed by atoms with Crippen LogP contribution in [-0.4, -0.2) is 34.0 Å². The van der Waals surface area contributed by atoms with Crippen LogP contribution < -0.4 is 5.32 Å². The molecule has 1 unspecified atom stereocenters. The minimum Gasteiger partial charge on any atom is -0.338 e. The summed E-state index contributed by atoms with van der Waals surface area (Å²) in [5.41, 5.74) is 2.40. The predicted molar refractivity (Wildman–Crippen MR) is 117 cm³/mol. The largest absolute Gasteiger partial charge is 0.338 e. The summed E-state index contributed by atoms with van der Waals surface area (Å²) in [5, 5.41) is 16.4. The van der Waals surface area contributed by atoms with E-state index in [2.05, 4.69) is 26.4 Å². The van der Waals surface area contributed by atoms with E-state index in [4.69, 9.17) is 21.4 Å². The Balaban J connectivity index is 1.35. The van der Waals surface area contributed by atoms with Crippen molar-refractivity contribution in [1.82, 2.24) is 15.0 Å². The van der Waals surface area contributed by atoms with Crippen LogP contribution in [-0.2, 0) is 17.8 Å². The summed E-state index contributed by atoms with van der Waals surface area (Å²) in [7, 11) is 0. The van der Waals surface area contributed by atoms with Gasteiger partial charge in [-0.1, -0.05) is 41.0 Å². The maximum atomic E-state index is 12.7. The molecule has 3 aromatic rings. The van der Waals surface area contributed by atoms with Crippen LogP contribution in [0, 0.1) is 17.2 Å². The van der Waals surface area contributed by atoms with E-state index in [0.717, 1.165) is 36.2 Å². The SMILES string of the molecule is N#CCc1ccc(NC(=O)C2CCCN(Cc3nc(-c4ccccc4Cl)no3)C2)cc1. The third kappa shape index (κ3) is 5.29. The number of hydrogen-bond acceptors (Lipinski definition) is 6. The molecule has 8 heteroatoms. The van der Waals surface area contributed by atoms with E-state index < -0.39 is 0 Å². The van der Waals surface area contributed by atoms with Gasteiger partial charge in [0.2, 0.25) is 17.6 Å². The van der Waals surface area contributed by atoms with Crippen molar-refractivity contribution < 1.29 is 9.32 Å². The minimum absolute atomic E-state index is 0.0000173. The molecule has 0 spiro atoms. The molecule has 0 aliphatic carbocycles. The number of likely N-dealkylation sites (tertiary alicyclic amines) is 1. The van der Waals surface area contributed by atoms with E-state index in [1.807, 2.05) is 42.5 Å². The zero-order valence-electron chi connectivity index (χ0n) is 16.9. The highest BCUT2D eigenvalue weighted by molar-refractivity contribution is 6.33. The highest BCUT2D eigenvalue weighted by Gasteiger charge is 2.27. The van der Waals surface area contributed by atoms with E-state index in [9.17, 15) is 4.79 Å². The highest BCUT2D eigenvalue weighted by atomic mass is 35.5. The van der Waals surface area contributed by atoms with Crippen molar-refractivity contribution in [2.75, 3.05) is 18.4 Å². The summed E-state index contributed by atoms with van der Waals surface area (Å²) in [6.45, 7) is 1.99. The smallest absolute Gasteiger partial charge is 0.241 e. The lowest BCUT2D eigenvalue weighted by Gasteiger charge is -2.30. The van der Waals surface area contributed by atoms with Crippen LogP contribution in [0.1, 0.15) is 24.3 Å². The second kappa shape index (κ2) is 9.73. The average molecular weight is 436 g/mol. The Kier molecular flexibility index (Phi) is 6.60. The number of carbonyl (C=O) groups is 1. The molecule has 1 amide bonds. The first-order chi connectivity index (χ1) is 15.1. The third-order valence-electron chi connectivity index (χ3n) is 5.32. The molecule has 1 aromatic heterocycles. The van der Waals surface area contributed by atoms with Crippen LogP contribution in [0.4, 0.5) is 5.69 Å². The van der Waals surface area contributed by atoms with Crippen LogP contribution >= 0.6 is 11.6 Å². The number of rotatable bonds is 6. The van der Waals surface area contributed by atoms with Gasteiger partial charge in [-0.3, -0.25) is 9.69 Å². The van der Waals surface area contributed by atoms with Crippen molar-refractivity contribution in [2.45, 2.75) is 25.8 Å². The topological polar surface area (TPSA) is 95.1 Å². The number of aromatic nitrogens is 2. The number of piperidine rings is 1. The van der Waals surface area contributed by atoms with Gasteiger partial charge < -0.3 is 9.84 Å². The van der Waals surface area contributed by atoms with Gasteiger partial charge in [-0.05, 0) is 49.2 Å². The van der Waals surface area contributed by atoms with E-state index in [1.165, 1.54) is 0 Å². The third-order valence-corrected chi connectivity index (χ3v) is 5.65. The second-order valence-corrected chi connectivity index (χ2v) is 7.99. The quantitative estimate of drug-likeness (QED) is 0.620. The van der Waals surface area contributed by atoms with E-state index in [0.29, 0.717) is 36.2 Å². The Morgan fingerprint density at radius 1 is 1.26 bits per heavy atom. The zero-order valence-corrected chi connectivity index (χ0v) is 17.7. The number of anilines is 1. The number of amides is 1. The average Bonchev–Trinajstić information content (AvgIpc) is 3.24. The molecule has 4 rings (SSSR count). The number of nitriles is 1. The van der Waals surface area contributed by atoms with Gasteiger partial charge in [0.05, 0.1) is 30.0 Å². The maximum Gasteiger partial charge on any atom is 0.241 e. The van der Waals surface area contributed by atoms with Crippen molar-refractivity contribution in [3.63, 3.8) is 0 Å². The van der Waals surface area contributed by atoms with E-state index in [-0.39, 0.29) is 11.8 Å². The Hall–Kier alpha value is -3.21. The van der Waals surface area contributed by atoms with Crippen molar-refractivity contribution in [2.24, 2.45) is 5.92 Å². The highest BCUT2D eigenvalue weighted by Crippen LogP contribution is 2.26. The number of hydrogen-bond donors (Lipinski definition) is 1. The molecular weight excluding hydrogens is 414 g/mol. The molecule has 0 radical (unpaired) electrons. The van der Waals surface area contributed by atoms with Crippen molar-refractivity contribution in [3.05, 3.63) is 65.0 Å². The zero-order chi connectivity index (χ0) is 21.6. The van der Waals surface area contributed by atoms with Crippen LogP contribution in [0.15, 0.2) is 53.1 Å². The molecule has 2 heterocycles. The van der Waals surface area contributed by atoms with Crippen LogP contribution in [0.2, 0.25) is 5.02 Å². The van der Waals surface area contributed by atoms with Crippen LogP contribution in [0.3, 0.4) is 0 Å². The minimum atomic E-state index is -0.113. The molecule has 31 heavy (non-hydrogen) atoms. The van der Waals surface area contributed by atoms with Crippen LogP contribution in [0.5, 0.6) is 0 Å². The first-order valence-corrected chi connectivity index (χ1v) is 10.6. The Bertz CT molecular complexity index is 1090. The molecule has 0 saturated carbocycles. The second-order valence-electron chi connectivity index (χ2n) is 7.59. The summed E-state index contributed by atoms with van der Waals surface area (Å²) in [6, 6.07) is 16.9. The fourth-order valence-corrected chi connectivity index (χ4v) is 3.94. The lowest BCUT2D eigenvalue weighted by Crippen LogP contribution is -2.40. The van der Waals surface area contributed by atoms with Crippen molar-refractivity contribution >= 4 is 23.2 Å². The Labute approximate surface area is 185 Å². The molecule has 1 aliphatic rings. The molecule has 0 bridgehead atoms. The van der Waals surface area contributed by atoms with Gasteiger partial charge in [0.15, 0.2) is 0 Å². The number of carbonyl (C=O) groups excluding carboxylic acids is 1. The lowest BCUT2D eigenvalue weighted by molar-refractivity contribution is -0.121. The Morgan fingerprint density at radius 3 is 2.84 bits per heavy atom. The Morgan fingerprint density at radius 2 is 2.06 bits per heavy atom.